The molecular weight excluding hydrogens is 274 g/mol. The first kappa shape index (κ1) is 15.5. The van der Waals surface area contributed by atoms with Gasteiger partial charge in [-0.3, -0.25) is 4.90 Å². The smallest absolute Gasteiger partial charge is 0.407 e. The van der Waals surface area contributed by atoms with Crippen molar-refractivity contribution >= 4 is 12.4 Å². The summed E-state index contributed by atoms with van der Waals surface area (Å²) in [7, 11) is 0. The average Bonchev–Trinajstić information content (AvgIpc) is 2.52. The van der Waals surface area contributed by atoms with Crippen LogP contribution in [0.4, 0.5) is 4.79 Å². The van der Waals surface area contributed by atoms with Crippen molar-refractivity contribution in [2.45, 2.75) is 31.6 Å². The standard InChI is InChI=1S/C15H19NO5/c17-9-13-6-7-14(8-16(13)15(18)19)21-11-20-10-12-4-2-1-3-5-12/h1-5,9,13-14H,6-8,10-11H2,(H,18,19)/t13-,14-/m1/s1. The number of carboxylic acid groups (broad SMARTS) is 1. The second-order valence-corrected chi connectivity index (χ2v) is 4.96. The van der Waals surface area contributed by atoms with Gasteiger partial charge in [0.15, 0.2) is 0 Å². The maximum atomic E-state index is 11.1. The maximum Gasteiger partial charge on any atom is 0.407 e. The molecule has 1 aliphatic rings. The van der Waals surface area contributed by atoms with Gasteiger partial charge >= 0.3 is 6.09 Å². The predicted molar refractivity (Wildman–Crippen MR) is 74.8 cm³/mol. The fraction of sp³-hybridized carbons (Fsp3) is 0.467. The van der Waals surface area contributed by atoms with E-state index in [1.54, 1.807) is 0 Å². The summed E-state index contributed by atoms with van der Waals surface area (Å²) in [6.45, 7) is 0.763. The molecule has 21 heavy (non-hydrogen) atoms. The number of carbonyl (C=O) groups is 2. The van der Waals surface area contributed by atoms with Crippen LogP contribution in [0.2, 0.25) is 0 Å². The van der Waals surface area contributed by atoms with Crippen LogP contribution in [-0.2, 0) is 20.9 Å². The Labute approximate surface area is 123 Å². The average molecular weight is 293 g/mol. The second kappa shape index (κ2) is 7.75. The topological polar surface area (TPSA) is 76.1 Å². The zero-order valence-electron chi connectivity index (χ0n) is 11.7. The van der Waals surface area contributed by atoms with Crippen LogP contribution in [0.25, 0.3) is 0 Å². The molecule has 0 saturated carbocycles. The summed E-state index contributed by atoms with van der Waals surface area (Å²) in [6.07, 6.45) is 0.496. The normalized spacial score (nSPS) is 22.0. The van der Waals surface area contributed by atoms with Crippen LogP contribution in [0.5, 0.6) is 0 Å². The minimum atomic E-state index is -1.09. The van der Waals surface area contributed by atoms with Crippen LogP contribution in [0.3, 0.4) is 0 Å². The summed E-state index contributed by atoms with van der Waals surface area (Å²) in [5.74, 6) is 0. The van der Waals surface area contributed by atoms with Crippen LogP contribution < -0.4 is 0 Å². The van der Waals surface area contributed by atoms with E-state index < -0.39 is 12.1 Å². The van der Waals surface area contributed by atoms with Gasteiger partial charge in [0, 0.05) is 0 Å². The van der Waals surface area contributed by atoms with Crippen molar-refractivity contribution in [1.29, 1.82) is 0 Å². The zero-order valence-corrected chi connectivity index (χ0v) is 11.7. The molecule has 0 radical (unpaired) electrons. The molecule has 1 amide bonds. The Bertz CT molecular complexity index is 464. The number of ether oxygens (including phenoxy) is 2. The van der Waals surface area contributed by atoms with Crippen molar-refractivity contribution < 1.29 is 24.2 Å². The number of amides is 1. The molecule has 2 atom stereocenters. The molecule has 0 bridgehead atoms. The second-order valence-electron chi connectivity index (χ2n) is 4.96. The van der Waals surface area contributed by atoms with E-state index in [4.69, 9.17) is 14.6 Å². The number of likely N-dealkylation sites (tertiary alicyclic amines) is 1. The monoisotopic (exact) mass is 293 g/mol. The van der Waals surface area contributed by atoms with Gasteiger partial charge in [-0.2, -0.15) is 0 Å². The third-order valence-corrected chi connectivity index (χ3v) is 3.49. The van der Waals surface area contributed by atoms with E-state index in [2.05, 4.69) is 0 Å². The third-order valence-electron chi connectivity index (χ3n) is 3.49. The molecule has 0 aromatic heterocycles. The van der Waals surface area contributed by atoms with E-state index in [-0.39, 0.29) is 19.4 Å². The van der Waals surface area contributed by atoms with Crippen molar-refractivity contribution in [1.82, 2.24) is 4.90 Å². The summed E-state index contributed by atoms with van der Waals surface area (Å²) in [4.78, 5) is 23.0. The lowest BCUT2D eigenvalue weighted by atomic mass is 10.0. The van der Waals surface area contributed by atoms with Gasteiger partial charge in [-0.25, -0.2) is 4.79 Å². The summed E-state index contributed by atoms with van der Waals surface area (Å²) >= 11 is 0. The van der Waals surface area contributed by atoms with Gasteiger partial charge in [0.2, 0.25) is 0 Å². The first-order chi connectivity index (χ1) is 10.2. The molecule has 114 valence electrons. The molecule has 1 aromatic rings. The zero-order chi connectivity index (χ0) is 15.1. The number of rotatable bonds is 6. The van der Waals surface area contributed by atoms with Crippen LogP contribution >= 0.6 is 0 Å². The van der Waals surface area contributed by atoms with E-state index in [0.29, 0.717) is 25.7 Å². The highest BCUT2D eigenvalue weighted by Gasteiger charge is 2.31. The molecule has 2 rings (SSSR count). The van der Waals surface area contributed by atoms with Crippen LogP contribution in [0, 0.1) is 0 Å². The van der Waals surface area contributed by atoms with Crippen molar-refractivity contribution in [3.8, 4) is 0 Å². The van der Waals surface area contributed by atoms with Gasteiger partial charge in [-0.15, -0.1) is 0 Å². The molecular formula is C15H19NO5. The quantitative estimate of drug-likeness (QED) is 0.492. The molecule has 0 aliphatic carbocycles. The van der Waals surface area contributed by atoms with E-state index in [0.717, 1.165) is 10.5 Å². The minimum Gasteiger partial charge on any atom is -0.465 e. The first-order valence-electron chi connectivity index (χ1n) is 6.89. The first-order valence-corrected chi connectivity index (χ1v) is 6.89. The van der Waals surface area contributed by atoms with Gasteiger partial charge in [-0.1, -0.05) is 30.3 Å². The highest BCUT2D eigenvalue weighted by atomic mass is 16.7. The highest BCUT2D eigenvalue weighted by molar-refractivity contribution is 5.72. The molecule has 1 N–H and O–H groups in total. The van der Waals surface area contributed by atoms with Gasteiger partial charge < -0.3 is 19.4 Å². The van der Waals surface area contributed by atoms with Crippen molar-refractivity contribution in [2.75, 3.05) is 13.3 Å². The summed E-state index contributed by atoms with van der Waals surface area (Å²) in [5.41, 5.74) is 1.05. The number of aldehydes is 1. The Morgan fingerprint density at radius 1 is 1.33 bits per heavy atom. The molecule has 6 heteroatoms. The number of piperidine rings is 1. The summed E-state index contributed by atoms with van der Waals surface area (Å²) < 4.78 is 10.9. The molecule has 1 fully saturated rings. The lowest BCUT2D eigenvalue weighted by Gasteiger charge is -2.34. The highest BCUT2D eigenvalue weighted by Crippen LogP contribution is 2.18. The predicted octanol–water partition coefficient (Wildman–Crippen LogP) is 1.89. The third kappa shape index (κ3) is 4.54. The van der Waals surface area contributed by atoms with E-state index in [1.807, 2.05) is 30.3 Å². The Hall–Kier alpha value is -1.92. The number of carbonyl (C=O) groups excluding carboxylic acids is 1. The summed E-state index contributed by atoms with van der Waals surface area (Å²) in [5, 5.41) is 9.06. The van der Waals surface area contributed by atoms with Crippen molar-refractivity contribution in [2.24, 2.45) is 0 Å². The van der Waals surface area contributed by atoms with E-state index in [9.17, 15) is 9.59 Å². The SMILES string of the molecule is O=C[C@H]1CC[C@@H](OCOCc2ccccc2)CN1C(=O)O. The molecule has 0 unspecified atom stereocenters. The van der Waals surface area contributed by atoms with Gasteiger partial charge in [-0.05, 0) is 18.4 Å². The number of hydrogen-bond acceptors (Lipinski definition) is 4. The van der Waals surface area contributed by atoms with Gasteiger partial charge in [0.1, 0.15) is 13.1 Å². The van der Waals surface area contributed by atoms with E-state index in [1.165, 1.54) is 0 Å². The Morgan fingerprint density at radius 3 is 2.76 bits per heavy atom. The Balaban J connectivity index is 1.71. The molecule has 1 heterocycles. The van der Waals surface area contributed by atoms with Crippen LogP contribution in [-0.4, -0.2) is 47.9 Å². The molecule has 1 aliphatic heterocycles. The lowest BCUT2D eigenvalue weighted by Crippen LogP contribution is -2.49. The number of benzene rings is 1. The maximum absolute atomic E-state index is 11.1. The summed E-state index contributed by atoms with van der Waals surface area (Å²) in [6, 6.07) is 9.16. The molecule has 1 saturated heterocycles. The fourth-order valence-electron chi connectivity index (χ4n) is 2.33. The number of hydrogen-bond donors (Lipinski definition) is 1. The minimum absolute atomic E-state index is 0.110. The van der Waals surface area contributed by atoms with Crippen LogP contribution in [0.15, 0.2) is 30.3 Å². The van der Waals surface area contributed by atoms with Gasteiger partial charge in [0.25, 0.3) is 0 Å². The van der Waals surface area contributed by atoms with Gasteiger partial charge in [0.05, 0.1) is 25.3 Å². The molecule has 0 spiro atoms. The van der Waals surface area contributed by atoms with Crippen molar-refractivity contribution in [3.05, 3.63) is 35.9 Å². The van der Waals surface area contributed by atoms with Crippen molar-refractivity contribution in [3.63, 3.8) is 0 Å². The molecule has 6 nitrogen and oxygen atoms in total. The fourth-order valence-corrected chi connectivity index (χ4v) is 2.33. The number of nitrogens with zero attached hydrogens (tertiary/aromatic N) is 1. The lowest BCUT2D eigenvalue weighted by molar-refractivity contribution is -0.125. The Morgan fingerprint density at radius 2 is 2.10 bits per heavy atom. The largest absolute Gasteiger partial charge is 0.465 e. The van der Waals surface area contributed by atoms with Crippen LogP contribution in [0.1, 0.15) is 18.4 Å². The Kier molecular flexibility index (Phi) is 5.71. The molecule has 1 aromatic carbocycles. The van der Waals surface area contributed by atoms with E-state index >= 15 is 0 Å².